The van der Waals surface area contributed by atoms with Crippen LogP contribution in [0.25, 0.3) is 0 Å². The smallest absolute Gasteiger partial charge is 0.226 e. The number of rotatable bonds is 12. The molecule has 0 aliphatic carbocycles. The number of nitrogens with two attached hydrogens (primary N) is 4. The predicted molar refractivity (Wildman–Crippen MR) is 79.7 cm³/mol. The highest BCUT2D eigenvalue weighted by atomic mass is 16.2. The van der Waals surface area contributed by atoms with Crippen LogP contribution in [-0.4, -0.2) is 64.2 Å². The lowest BCUT2D eigenvalue weighted by Gasteiger charge is -2.06. The van der Waals surface area contributed by atoms with Gasteiger partial charge in [-0.25, -0.2) is 0 Å². The van der Waals surface area contributed by atoms with Crippen LogP contribution in [0.1, 0.15) is 6.42 Å². The van der Waals surface area contributed by atoms with E-state index in [1.165, 1.54) is 0 Å². The maximum absolute atomic E-state index is 9.73. The Balaban J connectivity index is 0. The molecule has 2 amide bonds. The molecule has 9 nitrogen and oxygen atoms in total. The number of nitrogens with one attached hydrogen (secondary N) is 3. The molecule has 0 fully saturated rings. The van der Waals surface area contributed by atoms with Gasteiger partial charge in [0, 0.05) is 52.4 Å². The molecule has 20 heavy (non-hydrogen) atoms. The van der Waals surface area contributed by atoms with E-state index >= 15 is 0 Å². The SMILES string of the molecule is NC(=O)CC(N)=O.NCCNCCNCCNCCN. The summed E-state index contributed by atoms with van der Waals surface area (Å²) < 4.78 is 0. The average molecular weight is 291 g/mol. The second kappa shape index (κ2) is 17.7. The summed E-state index contributed by atoms with van der Waals surface area (Å²) in [7, 11) is 0. The molecule has 0 aromatic rings. The van der Waals surface area contributed by atoms with Crippen molar-refractivity contribution in [3.8, 4) is 0 Å². The average Bonchev–Trinajstić information content (AvgIpc) is 2.36. The monoisotopic (exact) mass is 291 g/mol. The summed E-state index contributed by atoms with van der Waals surface area (Å²) in [5.41, 5.74) is 19.7. The minimum absolute atomic E-state index is 0.361. The molecule has 0 bridgehead atoms. The van der Waals surface area contributed by atoms with Crippen molar-refractivity contribution in [1.82, 2.24) is 16.0 Å². The lowest BCUT2D eigenvalue weighted by molar-refractivity contribution is -0.125. The van der Waals surface area contributed by atoms with E-state index in [2.05, 4.69) is 27.4 Å². The van der Waals surface area contributed by atoms with E-state index in [1.807, 2.05) is 0 Å². The quantitative estimate of drug-likeness (QED) is 0.142. The molecule has 0 atom stereocenters. The first-order chi connectivity index (χ1) is 9.54. The molecule has 0 radical (unpaired) electrons. The van der Waals surface area contributed by atoms with Crippen molar-refractivity contribution in [1.29, 1.82) is 0 Å². The van der Waals surface area contributed by atoms with Gasteiger partial charge < -0.3 is 38.9 Å². The summed E-state index contributed by atoms with van der Waals surface area (Å²) in [6, 6.07) is 0. The Morgan fingerprint density at radius 3 is 1.15 bits per heavy atom. The van der Waals surface area contributed by atoms with Crippen LogP contribution in [-0.2, 0) is 9.59 Å². The van der Waals surface area contributed by atoms with Crippen molar-refractivity contribution in [2.24, 2.45) is 22.9 Å². The number of amides is 2. The number of carbonyl (C=O) groups excluding carboxylic acids is 2. The first-order valence-corrected chi connectivity index (χ1v) is 6.63. The highest BCUT2D eigenvalue weighted by Crippen LogP contribution is 1.68. The van der Waals surface area contributed by atoms with Gasteiger partial charge in [0.1, 0.15) is 6.42 Å². The first-order valence-electron chi connectivity index (χ1n) is 6.63. The second-order valence-electron chi connectivity index (χ2n) is 3.94. The third-order valence-electron chi connectivity index (χ3n) is 1.95. The summed E-state index contributed by atoms with van der Waals surface area (Å²) >= 11 is 0. The van der Waals surface area contributed by atoms with Crippen molar-refractivity contribution in [2.75, 3.05) is 52.4 Å². The standard InChI is InChI=1S/C8H23N5.C3H6N2O2/c9-1-3-11-5-7-13-8-6-12-4-2-10;4-2(6)1-3(5)7/h11-13H,1-10H2;1H2,(H2,4,6)(H2,5,7). The minimum atomic E-state index is -0.687. The second-order valence-corrected chi connectivity index (χ2v) is 3.94. The molecule has 0 rings (SSSR count). The predicted octanol–water partition coefficient (Wildman–Crippen LogP) is -3.98. The van der Waals surface area contributed by atoms with E-state index in [0.717, 1.165) is 39.3 Å². The molecule has 120 valence electrons. The first kappa shape index (κ1) is 21.0. The van der Waals surface area contributed by atoms with Gasteiger partial charge >= 0.3 is 0 Å². The summed E-state index contributed by atoms with van der Waals surface area (Å²) in [6.07, 6.45) is -0.361. The van der Waals surface area contributed by atoms with Gasteiger partial charge in [-0.1, -0.05) is 0 Å². The zero-order valence-corrected chi connectivity index (χ0v) is 12.0. The van der Waals surface area contributed by atoms with Crippen LogP contribution >= 0.6 is 0 Å². The van der Waals surface area contributed by atoms with Crippen molar-refractivity contribution in [2.45, 2.75) is 6.42 Å². The maximum atomic E-state index is 9.73. The highest BCUT2D eigenvalue weighted by molar-refractivity contribution is 5.95. The van der Waals surface area contributed by atoms with E-state index in [-0.39, 0.29) is 6.42 Å². The fourth-order valence-corrected chi connectivity index (χ4v) is 1.10. The molecular weight excluding hydrogens is 262 g/mol. The zero-order valence-electron chi connectivity index (χ0n) is 12.0. The van der Waals surface area contributed by atoms with Crippen molar-refractivity contribution in [3.05, 3.63) is 0 Å². The van der Waals surface area contributed by atoms with Crippen molar-refractivity contribution < 1.29 is 9.59 Å². The van der Waals surface area contributed by atoms with Crippen LogP contribution in [0.5, 0.6) is 0 Å². The fraction of sp³-hybridized carbons (Fsp3) is 0.818. The topological polar surface area (TPSA) is 174 Å². The van der Waals surface area contributed by atoms with Crippen LogP contribution in [0.2, 0.25) is 0 Å². The van der Waals surface area contributed by atoms with Gasteiger partial charge in [-0.2, -0.15) is 0 Å². The minimum Gasteiger partial charge on any atom is -0.369 e. The van der Waals surface area contributed by atoms with E-state index < -0.39 is 11.8 Å². The summed E-state index contributed by atoms with van der Waals surface area (Å²) in [6.45, 7) is 7.15. The van der Waals surface area contributed by atoms with Crippen molar-refractivity contribution >= 4 is 11.8 Å². The molecule has 0 saturated heterocycles. The number of hydrogen-bond acceptors (Lipinski definition) is 7. The molecule has 0 saturated carbocycles. The van der Waals surface area contributed by atoms with E-state index in [0.29, 0.717) is 13.1 Å². The normalized spacial score (nSPS) is 9.70. The van der Waals surface area contributed by atoms with Crippen LogP contribution in [0, 0.1) is 0 Å². The molecule has 11 N–H and O–H groups in total. The van der Waals surface area contributed by atoms with Gasteiger partial charge in [0.05, 0.1) is 0 Å². The van der Waals surface area contributed by atoms with Crippen LogP contribution < -0.4 is 38.9 Å². The van der Waals surface area contributed by atoms with Crippen molar-refractivity contribution in [3.63, 3.8) is 0 Å². The molecule has 9 heteroatoms. The largest absolute Gasteiger partial charge is 0.369 e. The number of carbonyl (C=O) groups is 2. The summed E-state index contributed by atoms with van der Waals surface area (Å²) in [5.74, 6) is -1.37. The van der Waals surface area contributed by atoms with Gasteiger partial charge in [0.25, 0.3) is 0 Å². The van der Waals surface area contributed by atoms with Gasteiger partial charge in [-0.3, -0.25) is 9.59 Å². The lowest BCUT2D eigenvalue weighted by atomic mass is 10.4. The molecule has 0 spiro atoms. The third-order valence-corrected chi connectivity index (χ3v) is 1.95. The Morgan fingerprint density at radius 2 is 0.950 bits per heavy atom. The summed E-state index contributed by atoms with van der Waals surface area (Å²) in [4.78, 5) is 19.5. The molecule has 0 heterocycles. The Labute approximate surface area is 120 Å². The van der Waals surface area contributed by atoms with Crippen LogP contribution in [0.15, 0.2) is 0 Å². The van der Waals surface area contributed by atoms with Gasteiger partial charge in [-0.15, -0.1) is 0 Å². The van der Waals surface area contributed by atoms with Gasteiger partial charge in [-0.05, 0) is 0 Å². The van der Waals surface area contributed by atoms with Gasteiger partial charge in [0.15, 0.2) is 0 Å². The molecule has 0 aromatic carbocycles. The Hall–Kier alpha value is -1.26. The third kappa shape index (κ3) is 25.6. The Morgan fingerprint density at radius 1 is 0.650 bits per heavy atom. The zero-order chi connectivity index (χ0) is 15.6. The molecule has 0 aliphatic rings. The fourth-order valence-electron chi connectivity index (χ4n) is 1.10. The Kier molecular flexibility index (Phi) is 18.7. The highest BCUT2D eigenvalue weighted by Gasteiger charge is 1.96. The molecular formula is C11H29N7O2. The molecule has 0 aliphatic heterocycles. The van der Waals surface area contributed by atoms with E-state index in [4.69, 9.17) is 11.5 Å². The molecule has 0 unspecified atom stereocenters. The lowest BCUT2D eigenvalue weighted by Crippen LogP contribution is -2.35. The summed E-state index contributed by atoms with van der Waals surface area (Å²) in [5, 5.41) is 9.71. The Bertz CT molecular complexity index is 217. The van der Waals surface area contributed by atoms with Crippen LogP contribution in [0.3, 0.4) is 0 Å². The number of primary amides is 2. The number of hydrogen-bond donors (Lipinski definition) is 7. The molecule has 0 aromatic heterocycles. The van der Waals surface area contributed by atoms with Gasteiger partial charge in [0.2, 0.25) is 11.8 Å². The maximum Gasteiger partial charge on any atom is 0.226 e. The van der Waals surface area contributed by atoms with E-state index in [1.54, 1.807) is 0 Å². The van der Waals surface area contributed by atoms with E-state index in [9.17, 15) is 9.59 Å². The van der Waals surface area contributed by atoms with Crippen LogP contribution in [0.4, 0.5) is 0 Å².